The molecule has 0 aromatic rings. The second-order valence-corrected chi connectivity index (χ2v) is 3.34. The Morgan fingerprint density at radius 3 is 2.12 bits per heavy atom. The average molecular weight is 227 g/mol. The molecule has 0 aliphatic heterocycles. The molecule has 0 atom stereocenters. The van der Waals surface area contributed by atoms with Gasteiger partial charge in [-0.25, -0.2) is 0 Å². The van der Waals surface area contributed by atoms with Crippen molar-refractivity contribution in [3.8, 4) is 0 Å². The van der Waals surface area contributed by atoms with Crippen LogP contribution in [-0.2, 0) is 0 Å². The molecule has 50 valence electrons. The number of halogens is 1. The van der Waals surface area contributed by atoms with Crippen LogP contribution in [0.5, 0.6) is 0 Å². The van der Waals surface area contributed by atoms with E-state index in [1.165, 1.54) is 11.0 Å². The Hall–Kier alpha value is 0.690. The molecule has 0 fully saturated rings. The van der Waals surface area contributed by atoms with E-state index < -0.39 is 0 Å². The van der Waals surface area contributed by atoms with Gasteiger partial charge in [-0.3, -0.25) is 0 Å². The number of alkyl halides is 1. The Balaban J connectivity index is 3.17. The molecule has 0 aromatic heterocycles. The molecule has 0 N–H and O–H groups in total. The molecule has 0 amide bonds. The van der Waals surface area contributed by atoms with Gasteiger partial charge in [-0.05, 0) is 20.9 Å². The van der Waals surface area contributed by atoms with Crippen molar-refractivity contribution in [3.05, 3.63) is 0 Å². The van der Waals surface area contributed by atoms with Gasteiger partial charge in [-0.1, -0.05) is 22.6 Å². The first-order valence-electron chi connectivity index (χ1n) is 2.94. The third-order valence-electron chi connectivity index (χ3n) is 1.32. The zero-order chi connectivity index (χ0) is 6.57. The van der Waals surface area contributed by atoms with Crippen LogP contribution in [0.1, 0.15) is 13.8 Å². The Morgan fingerprint density at radius 1 is 1.50 bits per heavy atom. The van der Waals surface area contributed by atoms with E-state index in [1.54, 1.807) is 0 Å². The van der Waals surface area contributed by atoms with E-state index in [-0.39, 0.29) is 0 Å². The minimum absolute atomic E-state index is 0.699. The topological polar surface area (TPSA) is 3.24 Å². The third kappa shape index (κ3) is 3.66. The average Bonchev–Trinajstić information content (AvgIpc) is 1.67. The molecule has 0 radical (unpaired) electrons. The number of rotatable bonds is 3. The third-order valence-corrected chi connectivity index (χ3v) is 1.80. The SMILES string of the molecule is CC(C)N(C)CCI. The highest BCUT2D eigenvalue weighted by molar-refractivity contribution is 14.1. The van der Waals surface area contributed by atoms with Crippen LogP contribution >= 0.6 is 22.6 Å². The van der Waals surface area contributed by atoms with E-state index in [4.69, 9.17) is 0 Å². The Morgan fingerprint density at radius 2 is 2.00 bits per heavy atom. The fourth-order valence-corrected chi connectivity index (χ4v) is 1.15. The van der Waals surface area contributed by atoms with E-state index in [0.717, 1.165) is 0 Å². The molecule has 0 saturated heterocycles. The van der Waals surface area contributed by atoms with Crippen molar-refractivity contribution in [1.82, 2.24) is 4.90 Å². The monoisotopic (exact) mass is 227 g/mol. The van der Waals surface area contributed by atoms with Crippen molar-refractivity contribution in [1.29, 1.82) is 0 Å². The number of hydrogen-bond acceptors (Lipinski definition) is 1. The van der Waals surface area contributed by atoms with Gasteiger partial charge in [-0.15, -0.1) is 0 Å². The van der Waals surface area contributed by atoms with Crippen molar-refractivity contribution in [2.45, 2.75) is 19.9 Å². The van der Waals surface area contributed by atoms with Gasteiger partial charge in [0.1, 0.15) is 0 Å². The second kappa shape index (κ2) is 4.56. The van der Waals surface area contributed by atoms with Crippen LogP contribution in [0.25, 0.3) is 0 Å². The van der Waals surface area contributed by atoms with Crippen LogP contribution in [0, 0.1) is 0 Å². The zero-order valence-electron chi connectivity index (χ0n) is 5.82. The molecule has 0 aromatic carbocycles. The molecule has 1 nitrogen and oxygen atoms in total. The summed E-state index contributed by atoms with van der Waals surface area (Å²) in [7, 11) is 2.16. The standard InChI is InChI=1S/C6H14IN/c1-6(2)8(3)5-4-7/h6H,4-5H2,1-3H3. The van der Waals surface area contributed by atoms with Gasteiger partial charge in [0.05, 0.1) is 0 Å². The lowest BCUT2D eigenvalue weighted by Gasteiger charge is -2.18. The highest BCUT2D eigenvalue weighted by atomic mass is 127. The molecule has 0 saturated carbocycles. The summed E-state index contributed by atoms with van der Waals surface area (Å²) >= 11 is 2.39. The normalized spacial score (nSPS) is 11.2. The molecule has 0 heterocycles. The maximum absolute atomic E-state index is 2.39. The van der Waals surface area contributed by atoms with E-state index in [0.29, 0.717) is 6.04 Å². The summed E-state index contributed by atoms with van der Waals surface area (Å²) in [5, 5.41) is 0. The summed E-state index contributed by atoms with van der Waals surface area (Å²) in [6.07, 6.45) is 0. The van der Waals surface area contributed by atoms with Crippen LogP contribution in [0.2, 0.25) is 0 Å². The first-order valence-corrected chi connectivity index (χ1v) is 4.47. The van der Waals surface area contributed by atoms with Gasteiger partial charge >= 0.3 is 0 Å². The maximum Gasteiger partial charge on any atom is 0.0123 e. The van der Waals surface area contributed by atoms with Crippen molar-refractivity contribution >= 4 is 22.6 Å². The van der Waals surface area contributed by atoms with Crippen molar-refractivity contribution in [2.24, 2.45) is 0 Å². The number of nitrogens with zero attached hydrogens (tertiary/aromatic N) is 1. The van der Waals surface area contributed by atoms with E-state index in [1.807, 2.05) is 0 Å². The molecule has 0 spiro atoms. The lowest BCUT2D eigenvalue weighted by atomic mass is 10.3. The highest BCUT2D eigenvalue weighted by Gasteiger charge is 1.98. The molecule has 0 rings (SSSR count). The van der Waals surface area contributed by atoms with E-state index >= 15 is 0 Å². The zero-order valence-corrected chi connectivity index (χ0v) is 7.97. The minimum atomic E-state index is 0.699. The molecule has 0 bridgehead atoms. The van der Waals surface area contributed by atoms with Gasteiger partial charge in [0, 0.05) is 17.0 Å². The van der Waals surface area contributed by atoms with Gasteiger partial charge in [0.25, 0.3) is 0 Å². The molecule has 0 aliphatic rings. The van der Waals surface area contributed by atoms with Gasteiger partial charge < -0.3 is 4.90 Å². The molecule has 8 heavy (non-hydrogen) atoms. The predicted molar refractivity (Wildman–Crippen MR) is 46.7 cm³/mol. The largest absolute Gasteiger partial charge is 0.303 e. The lowest BCUT2D eigenvalue weighted by Crippen LogP contribution is -2.27. The summed E-state index contributed by atoms with van der Waals surface area (Å²) in [4.78, 5) is 2.34. The van der Waals surface area contributed by atoms with Crippen molar-refractivity contribution < 1.29 is 0 Å². The second-order valence-electron chi connectivity index (χ2n) is 2.26. The molecule has 2 heteroatoms. The molecule has 0 unspecified atom stereocenters. The summed E-state index contributed by atoms with van der Waals surface area (Å²) in [6.45, 7) is 5.64. The van der Waals surface area contributed by atoms with E-state index in [9.17, 15) is 0 Å². The van der Waals surface area contributed by atoms with Crippen molar-refractivity contribution in [3.63, 3.8) is 0 Å². The molecular formula is C6H14IN. The quantitative estimate of drug-likeness (QED) is 0.524. The fourth-order valence-electron chi connectivity index (χ4n) is 0.392. The maximum atomic E-state index is 2.39. The lowest BCUT2D eigenvalue weighted by molar-refractivity contribution is 0.293. The van der Waals surface area contributed by atoms with Crippen LogP contribution in [0.15, 0.2) is 0 Å². The van der Waals surface area contributed by atoms with Gasteiger partial charge in [0.2, 0.25) is 0 Å². The summed E-state index contributed by atoms with van der Waals surface area (Å²) in [5.74, 6) is 0. The highest BCUT2D eigenvalue weighted by Crippen LogP contribution is 1.93. The minimum Gasteiger partial charge on any atom is -0.303 e. The van der Waals surface area contributed by atoms with Crippen LogP contribution in [0.3, 0.4) is 0 Å². The van der Waals surface area contributed by atoms with Gasteiger partial charge in [-0.2, -0.15) is 0 Å². The number of hydrogen-bond donors (Lipinski definition) is 0. The fraction of sp³-hybridized carbons (Fsp3) is 1.00. The summed E-state index contributed by atoms with van der Waals surface area (Å²) in [5.41, 5.74) is 0. The summed E-state index contributed by atoms with van der Waals surface area (Å²) in [6, 6.07) is 0.699. The Labute approximate surface area is 65.6 Å². The predicted octanol–water partition coefficient (Wildman–Crippen LogP) is 1.76. The van der Waals surface area contributed by atoms with E-state index in [2.05, 4.69) is 48.4 Å². The smallest absolute Gasteiger partial charge is 0.0123 e. The van der Waals surface area contributed by atoms with Crippen LogP contribution in [0.4, 0.5) is 0 Å². The molecular weight excluding hydrogens is 213 g/mol. The van der Waals surface area contributed by atoms with Crippen LogP contribution < -0.4 is 0 Å². The Kier molecular flexibility index (Phi) is 4.95. The van der Waals surface area contributed by atoms with Crippen LogP contribution in [-0.4, -0.2) is 29.0 Å². The van der Waals surface area contributed by atoms with Crippen molar-refractivity contribution in [2.75, 3.05) is 18.0 Å². The first-order chi connectivity index (χ1) is 3.68. The summed E-state index contributed by atoms with van der Waals surface area (Å²) < 4.78 is 1.23. The van der Waals surface area contributed by atoms with Gasteiger partial charge in [0.15, 0.2) is 0 Å². The molecule has 0 aliphatic carbocycles. The first kappa shape index (κ1) is 8.69. The Bertz CT molecular complexity index is 54.5.